The third-order valence-electron chi connectivity index (χ3n) is 2.64. The summed E-state index contributed by atoms with van der Waals surface area (Å²) >= 11 is 1.51. The van der Waals surface area contributed by atoms with Crippen molar-refractivity contribution in [1.29, 1.82) is 5.26 Å². The van der Waals surface area contributed by atoms with E-state index in [1.54, 1.807) is 0 Å². The molecule has 0 aromatic carbocycles. The summed E-state index contributed by atoms with van der Waals surface area (Å²) in [4.78, 5) is 4.52. The number of nitriles is 1. The van der Waals surface area contributed by atoms with Gasteiger partial charge in [-0.2, -0.15) is 5.26 Å². The number of thioether (sulfide) groups is 1. The van der Waals surface area contributed by atoms with Crippen LogP contribution in [0.15, 0.2) is 4.99 Å². The Kier molecular flexibility index (Phi) is 4.81. The van der Waals surface area contributed by atoms with E-state index >= 15 is 0 Å². The Hall–Kier alpha value is -0.690. The molecule has 0 unspecified atom stereocenters. The van der Waals surface area contributed by atoms with Gasteiger partial charge in [0.05, 0.1) is 6.04 Å². The number of aliphatic imine (C=N–C) groups is 1. The zero-order chi connectivity index (χ0) is 10.4. The van der Waals surface area contributed by atoms with Gasteiger partial charge in [0.25, 0.3) is 0 Å². The number of nitrogens with zero attached hydrogens (tertiary/aromatic N) is 2. The number of rotatable bonds is 1. The average molecular weight is 211 g/mol. The van der Waals surface area contributed by atoms with Crippen LogP contribution in [0.1, 0.15) is 32.6 Å². The van der Waals surface area contributed by atoms with Crippen LogP contribution in [0.5, 0.6) is 0 Å². The molecule has 3 nitrogen and oxygen atoms in total. The van der Waals surface area contributed by atoms with E-state index in [0.717, 1.165) is 11.1 Å². The Morgan fingerprint density at radius 2 is 2.07 bits per heavy atom. The van der Waals surface area contributed by atoms with Gasteiger partial charge in [0, 0.05) is 0 Å². The molecular formula is C10H17N3S. The minimum absolute atomic E-state index is 0.425. The Morgan fingerprint density at radius 3 is 2.57 bits per heavy atom. The topological polar surface area (TPSA) is 48.2 Å². The van der Waals surface area contributed by atoms with Crippen LogP contribution in [0.25, 0.3) is 0 Å². The summed E-state index contributed by atoms with van der Waals surface area (Å²) < 4.78 is 0. The van der Waals surface area contributed by atoms with Gasteiger partial charge in [-0.15, -0.1) is 0 Å². The number of amidine groups is 1. The molecule has 0 aromatic rings. The summed E-state index contributed by atoms with van der Waals surface area (Å²) in [5.74, 6) is 0.850. The largest absolute Gasteiger partial charge is 0.272 e. The minimum atomic E-state index is 0.425. The fourth-order valence-electron chi connectivity index (χ4n) is 1.72. The zero-order valence-electron chi connectivity index (χ0n) is 8.79. The molecule has 1 aliphatic carbocycles. The first-order valence-electron chi connectivity index (χ1n) is 5.03. The number of hydrogen-bond acceptors (Lipinski definition) is 3. The Balaban J connectivity index is 2.45. The molecule has 0 spiro atoms. The smallest absolute Gasteiger partial charge is 0.183 e. The van der Waals surface area contributed by atoms with Crippen molar-refractivity contribution in [3.63, 3.8) is 0 Å². The third kappa shape index (κ3) is 3.59. The molecule has 0 radical (unpaired) electrons. The van der Waals surface area contributed by atoms with Crippen molar-refractivity contribution in [3.8, 4) is 6.19 Å². The number of nitrogens with one attached hydrogen (secondary N) is 1. The van der Waals surface area contributed by atoms with E-state index in [1.165, 1.54) is 37.4 Å². The van der Waals surface area contributed by atoms with E-state index < -0.39 is 0 Å². The van der Waals surface area contributed by atoms with Crippen LogP contribution in [-0.4, -0.2) is 17.5 Å². The highest BCUT2D eigenvalue weighted by atomic mass is 32.2. The molecule has 78 valence electrons. The fraction of sp³-hybridized carbons (Fsp3) is 0.800. The molecule has 0 amide bonds. The zero-order valence-corrected chi connectivity index (χ0v) is 9.60. The van der Waals surface area contributed by atoms with Crippen molar-refractivity contribution < 1.29 is 0 Å². The molecule has 1 aliphatic rings. The van der Waals surface area contributed by atoms with Crippen LogP contribution < -0.4 is 5.32 Å². The summed E-state index contributed by atoms with van der Waals surface area (Å²) in [7, 11) is 0. The maximum atomic E-state index is 8.48. The lowest BCUT2D eigenvalue weighted by atomic mass is 9.88. The summed E-state index contributed by atoms with van der Waals surface area (Å²) in [5, 5.41) is 11.8. The average Bonchev–Trinajstić information content (AvgIpc) is 2.20. The Morgan fingerprint density at radius 1 is 1.43 bits per heavy atom. The van der Waals surface area contributed by atoms with Crippen LogP contribution in [0.3, 0.4) is 0 Å². The highest BCUT2D eigenvalue weighted by Crippen LogP contribution is 2.25. The van der Waals surface area contributed by atoms with Crippen molar-refractivity contribution in [1.82, 2.24) is 5.32 Å². The summed E-state index contributed by atoms with van der Waals surface area (Å²) in [6.07, 6.45) is 8.72. The molecule has 0 aromatic heterocycles. The first-order chi connectivity index (χ1) is 6.76. The van der Waals surface area contributed by atoms with Crippen LogP contribution >= 0.6 is 11.8 Å². The molecule has 1 fully saturated rings. The van der Waals surface area contributed by atoms with Gasteiger partial charge < -0.3 is 0 Å². The van der Waals surface area contributed by atoms with E-state index in [4.69, 9.17) is 5.26 Å². The van der Waals surface area contributed by atoms with Crippen LogP contribution in [0.4, 0.5) is 0 Å². The summed E-state index contributed by atoms with van der Waals surface area (Å²) in [6.45, 7) is 2.29. The summed E-state index contributed by atoms with van der Waals surface area (Å²) in [6, 6.07) is 0.425. The molecule has 1 N–H and O–H groups in total. The lowest BCUT2D eigenvalue weighted by Crippen LogP contribution is -2.21. The molecule has 0 bridgehead atoms. The van der Waals surface area contributed by atoms with E-state index in [2.05, 4.69) is 17.2 Å². The molecule has 14 heavy (non-hydrogen) atoms. The normalized spacial score (nSPS) is 28.2. The molecule has 0 aliphatic heterocycles. The van der Waals surface area contributed by atoms with E-state index in [1.807, 2.05) is 12.4 Å². The van der Waals surface area contributed by atoms with Crippen molar-refractivity contribution >= 4 is 16.9 Å². The first-order valence-corrected chi connectivity index (χ1v) is 6.25. The Labute approximate surface area is 90.0 Å². The first kappa shape index (κ1) is 11.4. The van der Waals surface area contributed by atoms with Crippen molar-refractivity contribution in [2.45, 2.75) is 38.6 Å². The summed E-state index contributed by atoms with van der Waals surface area (Å²) in [5.41, 5.74) is 0. The quantitative estimate of drug-likeness (QED) is 0.313. The molecule has 0 heterocycles. The lowest BCUT2D eigenvalue weighted by molar-refractivity contribution is 0.349. The lowest BCUT2D eigenvalue weighted by Gasteiger charge is -2.23. The van der Waals surface area contributed by atoms with Gasteiger partial charge in [0.2, 0.25) is 0 Å². The second kappa shape index (κ2) is 5.92. The van der Waals surface area contributed by atoms with Gasteiger partial charge in [0.1, 0.15) is 0 Å². The molecule has 1 rings (SSSR count). The predicted octanol–water partition coefficient (Wildman–Crippen LogP) is 2.35. The molecule has 0 saturated heterocycles. The van der Waals surface area contributed by atoms with Gasteiger partial charge in [-0.05, 0) is 37.9 Å². The highest BCUT2D eigenvalue weighted by Gasteiger charge is 2.17. The fourth-order valence-corrected chi connectivity index (χ4v) is 2.12. The van der Waals surface area contributed by atoms with Gasteiger partial charge in [-0.1, -0.05) is 18.7 Å². The van der Waals surface area contributed by atoms with Gasteiger partial charge in [-0.3, -0.25) is 10.3 Å². The second-order valence-corrected chi connectivity index (χ2v) is 4.58. The molecule has 0 atom stereocenters. The van der Waals surface area contributed by atoms with E-state index in [0.29, 0.717) is 6.04 Å². The van der Waals surface area contributed by atoms with Gasteiger partial charge >= 0.3 is 0 Å². The van der Waals surface area contributed by atoms with Crippen molar-refractivity contribution in [2.24, 2.45) is 10.9 Å². The van der Waals surface area contributed by atoms with Gasteiger partial charge in [-0.25, -0.2) is 0 Å². The van der Waals surface area contributed by atoms with Crippen LogP contribution in [-0.2, 0) is 0 Å². The van der Waals surface area contributed by atoms with Gasteiger partial charge in [0.15, 0.2) is 11.4 Å². The van der Waals surface area contributed by atoms with E-state index in [9.17, 15) is 0 Å². The SMILES string of the molecule is CSC(=NC1CCC(C)CC1)NC#N. The van der Waals surface area contributed by atoms with Crippen molar-refractivity contribution in [3.05, 3.63) is 0 Å². The van der Waals surface area contributed by atoms with E-state index in [-0.39, 0.29) is 0 Å². The Bertz CT molecular complexity index is 236. The van der Waals surface area contributed by atoms with Crippen LogP contribution in [0, 0.1) is 17.4 Å². The molecule has 4 heteroatoms. The maximum Gasteiger partial charge on any atom is 0.183 e. The molecule has 1 saturated carbocycles. The maximum absolute atomic E-state index is 8.48. The number of hydrogen-bond donors (Lipinski definition) is 1. The van der Waals surface area contributed by atoms with Crippen molar-refractivity contribution in [2.75, 3.05) is 6.26 Å². The third-order valence-corrected chi connectivity index (χ3v) is 3.24. The predicted molar refractivity (Wildman–Crippen MR) is 61.1 cm³/mol. The minimum Gasteiger partial charge on any atom is -0.272 e. The highest BCUT2D eigenvalue weighted by molar-refractivity contribution is 8.13. The standard InChI is InChI=1S/C10H17N3S/c1-8-3-5-9(6-4-8)13-10(14-2)12-7-11/h8-9H,3-6H2,1-2H3,(H,12,13). The molecular weight excluding hydrogens is 194 g/mol. The van der Waals surface area contributed by atoms with Crippen LogP contribution in [0.2, 0.25) is 0 Å². The monoisotopic (exact) mass is 211 g/mol. The second-order valence-electron chi connectivity index (χ2n) is 3.79.